The van der Waals surface area contributed by atoms with E-state index in [0.29, 0.717) is 24.7 Å². The molecule has 1 aromatic carbocycles. The lowest BCUT2D eigenvalue weighted by Gasteiger charge is -2.23. The molecule has 2 rings (SSSR count). The van der Waals surface area contributed by atoms with Gasteiger partial charge in [-0.2, -0.15) is 4.98 Å². The lowest BCUT2D eigenvalue weighted by molar-refractivity contribution is -0.0403. The Morgan fingerprint density at radius 1 is 1.24 bits per heavy atom. The van der Waals surface area contributed by atoms with Crippen LogP contribution in [-0.2, 0) is 16.8 Å². The Kier molecular flexibility index (Phi) is 5.33. The van der Waals surface area contributed by atoms with Crippen molar-refractivity contribution in [2.75, 3.05) is 18.5 Å². The summed E-state index contributed by atoms with van der Waals surface area (Å²) in [4.78, 5) is 4.46. The number of rotatable bonds is 8. The average molecular weight is 289 g/mol. The number of para-hydroxylation sites is 1. The lowest BCUT2D eigenvalue weighted by atomic mass is 10.0. The topological polar surface area (TPSA) is 60.2 Å². The van der Waals surface area contributed by atoms with Crippen LogP contribution in [0.2, 0.25) is 0 Å². The van der Waals surface area contributed by atoms with Crippen LogP contribution in [0.5, 0.6) is 0 Å². The van der Waals surface area contributed by atoms with Gasteiger partial charge < -0.3 is 14.6 Å². The van der Waals surface area contributed by atoms with Crippen molar-refractivity contribution in [2.24, 2.45) is 0 Å². The maximum atomic E-state index is 5.75. The highest BCUT2D eigenvalue weighted by molar-refractivity contribution is 5.42. The molecule has 1 aromatic heterocycles. The third kappa shape index (κ3) is 4.04. The smallest absolute Gasteiger partial charge is 0.228 e. The molecule has 0 aliphatic rings. The number of hydrogen-bond acceptors (Lipinski definition) is 5. The van der Waals surface area contributed by atoms with Crippen molar-refractivity contribution in [2.45, 2.75) is 39.2 Å². The van der Waals surface area contributed by atoms with E-state index < -0.39 is 5.60 Å². The zero-order chi connectivity index (χ0) is 15.1. The minimum atomic E-state index is -0.469. The van der Waals surface area contributed by atoms with Gasteiger partial charge >= 0.3 is 0 Å². The zero-order valence-electron chi connectivity index (χ0n) is 12.9. The molecule has 5 heteroatoms. The van der Waals surface area contributed by atoms with E-state index in [9.17, 15) is 0 Å². The van der Waals surface area contributed by atoms with Gasteiger partial charge in [0.05, 0.1) is 0 Å². The van der Waals surface area contributed by atoms with E-state index in [-0.39, 0.29) is 0 Å². The molecule has 114 valence electrons. The fraction of sp³-hybridized carbons (Fsp3) is 0.500. The third-order valence-electron chi connectivity index (χ3n) is 3.52. The normalized spacial score (nSPS) is 13.9. The summed E-state index contributed by atoms with van der Waals surface area (Å²) in [7, 11) is 0. The van der Waals surface area contributed by atoms with Crippen LogP contribution in [-0.4, -0.2) is 23.3 Å². The van der Waals surface area contributed by atoms with Crippen molar-refractivity contribution in [1.82, 2.24) is 10.1 Å². The predicted molar refractivity (Wildman–Crippen MR) is 82.2 cm³/mol. The molecule has 2 aromatic rings. The SMILES string of the molecule is CCOC(C)(CC)c1noc(CCNc2ccccc2)n1. The molecule has 1 N–H and O–H groups in total. The van der Waals surface area contributed by atoms with Gasteiger partial charge in [-0.1, -0.05) is 30.3 Å². The quantitative estimate of drug-likeness (QED) is 0.807. The van der Waals surface area contributed by atoms with Crippen molar-refractivity contribution in [3.05, 3.63) is 42.0 Å². The fourth-order valence-corrected chi connectivity index (χ4v) is 2.08. The van der Waals surface area contributed by atoms with E-state index in [1.165, 1.54) is 0 Å². The molecule has 1 atom stereocenters. The van der Waals surface area contributed by atoms with Crippen LogP contribution in [0.3, 0.4) is 0 Å². The number of benzene rings is 1. The van der Waals surface area contributed by atoms with E-state index in [4.69, 9.17) is 9.26 Å². The highest BCUT2D eigenvalue weighted by Gasteiger charge is 2.30. The van der Waals surface area contributed by atoms with Crippen molar-refractivity contribution >= 4 is 5.69 Å². The van der Waals surface area contributed by atoms with Crippen LogP contribution in [0.15, 0.2) is 34.9 Å². The zero-order valence-corrected chi connectivity index (χ0v) is 12.9. The Labute approximate surface area is 125 Å². The van der Waals surface area contributed by atoms with Crippen LogP contribution >= 0.6 is 0 Å². The van der Waals surface area contributed by atoms with Gasteiger partial charge in [-0.3, -0.25) is 0 Å². The first-order valence-electron chi connectivity index (χ1n) is 7.44. The van der Waals surface area contributed by atoms with Crippen LogP contribution in [0.1, 0.15) is 38.9 Å². The van der Waals surface area contributed by atoms with E-state index in [2.05, 4.69) is 22.4 Å². The first-order valence-corrected chi connectivity index (χ1v) is 7.44. The predicted octanol–water partition coefficient (Wildman–Crippen LogP) is 3.39. The maximum absolute atomic E-state index is 5.75. The highest BCUT2D eigenvalue weighted by atomic mass is 16.5. The Morgan fingerprint density at radius 2 is 2.00 bits per heavy atom. The first-order chi connectivity index (χ1) is 10.2. The molecule has 1 heterocycles. The van der Waals surface area contributed by atoms with E-state index in [1.807, 2.05) is 44.2 Å². The number of ether oxygens (including phenoxy) is 1. The molecule has 5 nitrogen and oxygen atoms in total. The van der Waals surface area contributed by atoms with E-state index in [0.717, 1.165) is 18.7 Å². The Hall–Kier alpha value is -1.88. The van der Waals surface area contributed by atoms with Gasteiger partial charge in [-0.05, 0) is 32.4 Å². The number of nitrogens with zero attached hydrogens (tertiary/aromatic N) is 2. The van der Waals surface area contributed by atoms with Crippen LogP contribution in [0.4, 0.5) is 5.69 Å². The van der Waals surface area contributed by atoms with E-state index in [1.54, 1.807) is 0 Å². The molecular formula is C16H23N3O2. The minimum Gasteiger partial charge on any atom is -0.385 e. The molecule has 0 fully saturated rings. The second-order valence-electron chi connectivity index (χ2n) is 5.07. The first kappa shape index (κ1) is 15.5. The molecule has 0 aliphatic carbocycles. The second-order valence-corrected chi connectivity index (χ2v) is 5.07. The number of nitrogens with one attached hydrogen (secondary N) is 1. The Balaban J connectivity index is 1.91. The van der Waals surface area contributed by atoms with Crippen molar-refractivity contribution in [3.63, 3.8) is 0 Å². The highest BCUT2D eigenvalue weighted by Crippen LogP contribution is 2.26. The molecule has 0 saturated heterocycles. The summed E-state index contributed by atoms with van der Waals surface area (Å²) in [5.41, 5.74) is 0.619. The van der Waals surface area contributed by atoms with Crippen LogP contribution in [0.25, 0.3) is 0 Å². The number of hydrogen-bond donors (Lipinski definition) is 1. The maximum Gasteiger partial charge on any atom is 0.228 e. The summed E-state index contributed by atoms with van der Waals surface area (Å²) in [5, 5.41) is 7.39. The summed E-state index contributed by atoms with van der Waals surface area (Å²) < 4.78 is 11.1. The summed E-state index contributed by atoms with van der Waals surface area (Å²) in [5.74, 6) is 1.26. The fourth-order valence-electron chi connectivity index (χ4n) is 2.08. The summed E-state index contributed by atoms with van der Waals surface area (Å²) in [6, 6.07) is 10.1. The summed E-state index contributed by atoms with van der Waals surface area (Å²) >= 11 is 0. The monoisotopic (exact) mass is 289 g/mol. The molecule has 0 amide bonds. The Bertz CT molecular complexity index is 541. The molecule has 0 aliphatic heterocycles. The standard InChI is InChI=1S/C16H23N3O2/c1-4-16(3,20-5-2)15-18-14(21-19-15)11-12-17-13-9-7-6-8-10-13/h6-10,17H,4-5,11-12H2,1-3H3. The van der Waals surface area contributed by atoms with E-state index >= 15 is 0 Å². The average Bonchev–Trinajstić information content (AvgIpc) is 2.98. The molecule has 0 bridgehead atoms. The van der Waals surface area contributed by atoms with Crippen LogP contribution < -0.4 is 5.32 Å². The molecule has 0 spiro atoms. The Morgan fingerprint density at radius 3 is 2.67 bits per heavy atom. The number of anilines is 1. The lowest BCUT2D eigenvalue weighted by Crippen LogP contribution is -2.26. The molecular weight excluding hydrogens is 266 g/mol. The van der Waals surface area contributed by atoms with Gasteiger partial charge in [0.1, 0.15) is 5.60 Å². The van der Waals surface area contributed by atoms with Gasteiger partial charge in [0, 0.05) is 25.3 Å². The van der Waals surface area contributed by atoms with Crippen LogP contribution in [0, 0.1) is 0 Å². The van der Waals surface area contributed by atoms with Gasteiger partial charge in [0.25, 0.3) is 0 Å². The van der Waals surface area contributed by atoms with Crippen molar-refractivity contribution in [3.8, 4) is 0 Å². The minimum absolute atomic E-state index is 0.469. The second kappa shape index (κ2) is 7.22. The van der Waals surface area contributed by atoms with Gasteiger partial charge in [0.15, 0.2) is 0 Å². The molecule has 0 saturated carbocycles. The van der Waals surface area contributed by atoms with Crippen molar-refractivity contribution in [1.29, 1.82) is 0 Å². The molecule has 1 unspecified atom stereocenters. The molecule has 21 heavy (non-hydrogen) atoms. The summed E-state index contributed by atoms with van der Waals surface area (Å²) in [6.45, 7) is 7.40. The van der Waals surface area contributed by atoms with Gasteiger partial charge in [-0.25, -0.2) is 0 Å². The number of aromatic nitrogens is 2. The van der Waals surface area contributed by atoms with Gasteiger partial charge in [-0.15, -0.1) is 0 Å². The summed E-state index contributed by atoms with van der Waals surface area (Å²) in [6.07, 6.45) is 1.50. The largest absolute Gasteiger partial charge is 0.385 e. The third-order valence-corrected chi connectivity index (χ3v) is 3.52. The van der Waals surface area contributed by atoms with Crippen molar-refractivity contribution < 1.29 is 9.26 Å². The molecule has 0 radical (unpaired) electrons. The van der Waals surface area contributed by atoms with Gasteiger partial charge in [0.2, 0.25) is 11.7 Å².